The van der Waals surface area contributed by atoms with Crippen LogP contribution in [-0.2, 0) is 28.8 Å². The summed E-state index contributed by atoms with van der Waals surface area (Å²) in [4.78, 5) is 3.31. The van der Waals surface area contributed by atoms with Gasteiger partial charge in [-0.25, -0.2) is 4.98 Å². The zero-order valence-corrected chi connectivity index (χ0v) is 21.1. The number of hydrogen-bond acceptors (Lipinski definition) is 3. The third kappa shape index (κ3) is 5.87. The van der Waals surface area contributed by atoms with Gasteiger partial charge >= 0.3 is 12.4 Å². The smallest absolute Gasteiger partial charge is 0.416 e. The second-order valence-electron chi connectivity index (χ2n) is 9.68. The molecule has 0 spiro atoms. The number of pyridine rings is 1. The average molecular weight is 516 g/mol. The van der Waals surface area contributed by atoms with Crippen LogP contribution >= 0.6 is 0 Å². The molecule has 3 aromatic rings. The van der Waals surface area contributed by atoms with Crippen LogP contribution in [0.5, 0.6) is 0 Å². The maximum atomic E-state index is 13.7. The first kappa shape index (κ1) is 27.2. The number of halogens is 6. The van der Waals surface area contributed by atoms with Crippen LogP contribution in [0.2, 0.25) is 13.1 Å². The summed E-state index contributed by atoms with van der Waals surface area (Å²) in [7, 11) is -1.50. The van der Waals surface area contributed by atoms with E-state index in [1.54, 1.807) is 12.1 Å². The van der Waals surface area contributed by atoms with Gasteiger partial charge in [-0.2, -0.15) is 26.3 Å². The normalized spacial score (nSPS) is 14.1. The van der Waals surface area contributed by atoms with E-state index in [1.807, 2.05) is 39.9 Å². The second kappa shape index (κ2) is 9.55. The van der Waals surface area contributed by atoms with Crippen molar-refractivity contribution in [3.05, 3.63) is 76.0 Å². The van der Waals surface area contributed by atoms with Crippen molar-refractivity contribution in [2.24, 2.45) is 0 Å². The van der Waals surface area contributed by atoms with Gasteiger partial charge in [-0.3, -0.25) is 0 Å². The number of benzene rings is 2. The first-order valence-electron chi connectivity index (χ1n) is 11.0. The van der Waals surface area contributed by atoms with Crippen molar-refractivity contribution in [3.8, 4) is 0 Å². The van der Waals surface area contributed by atoms with Gasteiger partial charge in [0, 0.05) is 5.39 Å². The molecule has 1 aromatic heterocycles. The minimum Gasteiger partial charge on any atom is -0.416 e. The monoisotopic (exact) mass is 515 g/mol. The fourth-order valence-electron chi connectivity index (χ4n) is 4.02. The fourth-order valence-corrected chi connectivity index (χ4v) is 4.52. The summed E-state index contributed by atoms with van der Waals surface area (Å²) in [5, 5.41) is 11.2. The number of rotatable bonds is 5. The first-order chi connectivity index (χ1) is 16.0. The molecule has 0 saturated carbocycles. The number of hydrogen-bond donors (Lipinski definition) is 1. The van der Waals surface area contributed by atoms with E-state index in [1.165, 1.54) is 6.07 Å². The van der Waals surface area contributed by atoms with Gasteiger partial charge in [0.05, 0.1) is 17.7 Å². The van der Waals surface area contributed by atoms with Crippen LogP contribution in [0.3, 0.4) is 0 Å². The lowest BCUT2D eigenvalue weighted by Crippen LogP contribution is -2.20. The molecule has 0 aliphatic carbocycles. The van der Waals surface area contributed by atoms with Gasteiger partial charge in [0.2, 0.25) is 0 Å². The summed E-state index contributed by atoms with van der Waals surface area (Å²) in [6.45, 7) is 9.91. The Morgan fingerprint density at radius 3 is 2.03 bits per heavy atom. The van der Waals surface area contributed by atoms with Gasteiger partial charge in [-0.1, -0.05) is 51.1 Å². The number of nitrogens with zero attached hydrogens (tertiary/aromatic N) is 1. The minimum absolute atomic E-state index is 0.132. The molecule has 190 valence electrons. The van der Waals surface area contributed by atoms with Gasteiger partial charge < -0.3 is 9.53 Å². The molecule has 3 rings (SSSR count). The first-order valence-corrected chi connectivity index (χ1v) is 13.8. The Morgan fingerprint density at radius 1 is 0.886 bits per heavy atom. The van der Waals surface area contributed by atoms with E-state index in [4.69, 9.17) is 4.43 Å². The summed E-state index contributed by atoms with van der Waals surface area (Å²) >= 11 is 0. The molecule has 1 heterocycles. The molecule has 10 heteroatoms. The number of aliphatic hydroxyl groups excluding tert-OH is 1. The van der Waals surface area contributed by atoms with Crippen molar-refractivity contribution >= 4 is 19.9 Å². The van der Waals surface area contributed by atoms with Crippen LogP contribution in [0.15, 0.2) is 42.5 Å². The summed E-state index contributed by atoms with van der Waals surface area (Å²) in [6.07, 6.45) is -11.6. The number of aliphatic hydroxyl groups is 1. The zero-order chi connectivity index (χ0) is 26.3. The van der Waals surface area contributed by atoms with Crippen molar-refractivity contribution in [2.75, 3.05) is 0 Å². The van der Waals surface area contributed by atoms with Gasteiger partial charge in [-0.15, -0.1) is 0 Å². The van der Waals surface area contributed by atoms with E-state index < -0.39 is 44.3 Å². The zero-order valence-electron chi connectivity index (χ0n) is 20.0. The number of fused-ring (bicyclic) bond motifs is 1. The highest BCUT2D eigenvalue weighted by atomic mass is 28.3. The number of para-hydroxylation sites is 1. The van der Waals surface area contributed by atoms with Crippen LogP contribution < -0.4 is 0 Å². The van der Waals surface area contributed by atoms with E-state index >= 15 is 0 Å². The molecule has 2 aromatic carbocycles. The lowest BCUT2D eigenvalue weighted by molar-refractivity contribution is -0.142. The summed E-state index contributed by atoms with van der Waals surface area (Å²) in [5.74, 6) is 0. The molecule has 3 nitrogen and oxygen atoms in total. The lowest BCUT2D eigenvalue weighted by Gasteiger charge is -2.28. The minimum atomic E-state index is -5.01. The Balaban J connectivity index is 2.34. The molecule has 0 aliphatic heterocycles. The van der Waals surface area contributed by atoms with Gasteiger partial charge in [-0.05, 0) is 52.9 Å². The highest BCUT2D eigenvalue weighted by molar-refractivity contribution is 6.48. The Hall–Kier alpha value is -2.43. The van der Waals surface area contributed by atoms with Crippen LogP contribution in [0.1, 0.15) is 60.4 Å². The van der Waals surface area contributed by atoms with Crippen molar-refractivity contribution in [3.63, 3.8) is 0 Å². The van der Waals surface area contributed by atoms with Gasteiger partial charge in [0.25, 0.3) is 0 Å². The summed E-state index contributed by atoms with van der Waals surface area (Å²) in [5.41, 5.74) is -2.62. The summed E-state index contributed by atoms with van der Waals surface area (Å²) in [6, 6.07) is 8.72. The standard InChI is InChI=1S/C25H27F6NO2Si/c1-23(2,3)18-10-7-9-15(17(18)13-34-35(4)5)22(33)16-12-20(25(29,30)31)32-21-14(16)8-6-11-19(21)24(26,27)28/h6-12,22,33,35H,13H2,1-5H3. The van der Waals surface area contributed by atoms with Crippen molar-refractivity contribution in [1.82, 2.24) is 4.98 Å². The molecule has 0 aliphatic rings. The molecule has 0 amide bonds. The molecule has 1 N–H and O–H groups in total. The maximum absolute atomic E-state index is 13.7. The molecule has 0 radical (unpaired) electrons. The Morgan fingerprint density at radius 2 is 1.49 bits per heavy atom. The molecule has 0 saturated heterocycles. The molecule has 1 unspecified atom stereocenters. The van der Waals surface area contributed by atoms with E-state index in [-0.39, 0.29) is 28.5 Å². The predicted octanol–water partition coefficient (Wildman–Crippen LogP) is 7.15. The van der Waals surface area contributed by atoms with Crippen molar-refractivity contribution < 1.29 is 35.9 Å². The number of alkyl halides is 6. The molecular weight excluding hydrogens is 488 g/mol. The lowest BCUT2D eigenvalue weighted by atomic mass is 9.80. The molecular formula is C25H27F6NO2Si. The molecule has 1 atom stereocenters. The fraction of sp³-hybridized carbons (Fsp3) is 0.400. The average Bonchev–Trinajstić information content (AvgIpc) is 2.73. The van der Waals surface area contributed by atoms with E-state index in [0.29, 0.717) is 17.7 Å². The van der Waals surface area contributed by atoms with E-state index in [2.05, 4.69) is 4.98 Å². The van der Waals surface area contributed by atoms with Crippen LogP contribution in [0.4, 0.5) is 26.3 Å². The second-order valence-corrected chi connectivity index (χ2v) is 12.1. The molecule has 0 bridgehead atoms. The van der Waals surface area contributed by atoms with E-state index in [9.17, 15) is 31.4 Å². The molecule has 0 fully saturated rings. The van der Waals surface area contributed by atoms with Gasteiger partial charge in [0.15, 0.2) is 9.04 Å². The van der Waals surface area contributed by atoms with Crippen molar-refractivity contribution in [1.29, 1.82) is 0 Å². The van der Waals surface area contributed by atoms with Crippen molar-refractivity contribution in [2.45, 2.75) is 64.3 Å². The SMILES string of the molecule is C[SiH](C)OCc1c(C(O)c2cc(C(F)(F)F)nc3c(C(F)(F)F)cccc23)cccc1C(C)(C)C. The third-order valence-electron chi connectivity index (χ3n) is 5.64. The quantitative estimate of drug-likeness (QED) is 0.290. The van der Waals surface area contributed by atoms with Crippen LogP contribution in [0, 0.1) is 0 Å². The highest BCUT2D eigenvalue weighted by Gasteiger charge is 2.38. The summed E-state index contributed by atoms with van der Waals surface area (Å²) < 4.78 is 87.8. The topological polar surface area (TPSA) is 42.4 Å². The Kier molecular flexibility index (Phi) is 7.41. The third-order valence-corrected chi connectivity index (χ3v) is 6.47. The van der Waals surface area contributed by atoms with E-state index in [0.717, 1.165) is 11.6 Å². The van der Waals surface area contributed by atoms with Crippen LogP contribution in [0.25, 0.3) is 10.9 Å². The predicted molar refractivity (Wildman–Crippen MR) is 125 cm³/mol. The molecule has 35 heavy (non-hydrogen) atoms. The van der Waals surface area contributed by atoms with Gasteiger partial charge in [0.1, 0.15) is 11.8 Å². The Labute approximate surface area is 201 Å². The Bertz CT molecular complexity index is 1220. The highest BCUT2D eigenvalue weighted by Crippen LogP contribution is 2.41. The largest absolute Gasteiger partial charge is 0.433 e. The maximum Gasteiger partial charge on any atom is 0.433 e. The van der Waals surface area contributed by atoms with Crippen LogP contribution in [-0.4, -0.2) is 19.1 Å². The number of aromatic nitrogens is 1.